The zero-order valence-corrected chi connectivity index (χ0v) is 16.8. The SMILES string of the molecule is CC(=O)Nc1ncc(C=C2SC(=Nc3ccc(OCCO)cc3C)NC2=O)s1. The highest BCUT2D eigenvalue weighted by atomic mass is 32.2. The van der Waals surface area contributed by atoms with E-state index >= 15 is 0 Å². The molecular weight excluding hydrogens is 400 g/mol. The summed E-state index contributed by atoms with van der Waals surface area (Å²) in [6.45, 7) is 3.49. The Morgan fingerprint density at radius 1 is 1.46 bits per heavy atom. The van der Waals surface area contributed by atoms with Gasteiger partial charge >= 0.3 is 0 Å². The lowest BCUT2D eigenvalue weighted by Gasteiger charge is -2.07. The maximum Gasteiger partial charge on any atom is 0.264 e. The van der Waals surface area contributed by atoms with E-state index in [2.05, 4.69) is 20.6 Å². The molecule has 1 aliphatic heterocycles. The van der Waals surface area contributed by atoms with Gasteiger partial charge in [-0.25, -0.2) is 9.98 Å². The van der Waals surface area contributed by atoms with Crippen LogP contribution in [0.25, 0.3) is 6.08 Å². The van der Waals surface area contributed by atoms with E-state index in [-0.39, 0.29) is 25.0 Å². The number of benzene rings is 1. The average molecular weight is 419 g/mol. The van der Waals surface area contributed by atoms with E-state index in [1.54, 1.807) is 24.4 Å². The topological polar surface area (TPSA) is 113 Å². The molecule has 0 spiro atoms. The third-order valence-electron chi connectivity index (χ3n) is 3.48. The molecule has 0 unspecified atom stereocenters. The summed E-state index contributed by atoms with van der Waals surface area (Å²) in [4.78, 5) is 33.1. The summed E-state index contributed by atoms with van der Waals surface area (Å²) in [6, 6.07) is 5.39. The molecule has 0 radical (unpaired) electrons. The number of rotatable bonds is 6. The second-order valence-corrected chi connectivity index (χ2v) is 7.84. The van der Waals surface area contributed by atoms with Gasteiger partial charge in [-0.2, -0.15) is 0 Å². The number of aliphatic hydroxyl groups excluding tert-OH is 1. The number of anilines is 1. The lowest BCUT2D eigenvalue weighted by molar-refractivity contribution is -0.115. The molecule has 28 heavy (non-hydrogen) atoms. The van der Waals surface area contributed by atoms with Gasteiger partial charge in [0.2, 0.25) is 5.91 Å². The Labute approximate surface area is 169 Å². The Balaban J connectivity index is 1.73. The van der Waals surface area contributed by atoms with Gasteiger partial charge in [-0.15, -0.1) is 0 Å². The minimum atomic E-state index is -0.237. The van der Waals surface area contributed by atoms with Crippen LogP contribution in [0.3, 0.4) is 0 Å². The fourth-order valence-corrected chi connectivity index (χ4v) is 3.99. The summed E-state index contributed by atoms with van der Waals surface area (Å²) >= 11 is 2.52. The number of thiazole rings is 1. The van der Waals surface area contributed by atoms with Gasteiger partial charge in [0.25, 0.3) is 5.91 Å². The van der Waals surface area contributed by atoms with E-state index in [4.69, 9.17) is 9.84 Å². The van der Waals surface area contributed by atoms with Crippen molar-refractivity contribution in [2.24, 2.45) is 4.99 Å². The van der Waals surface area contributed by atoms with Crippen LogP contribution in [0.15, 0.2) is 34.3 Å². The molecule has 0 bridgehead atoms. The number of carbonyl (C=O) groups excluding carboxylic acids is 2. The molecule has 8 nitrogen and oxygen atoms in total. The maximum absolute atomic E-state index is 12.2. The molecule has 2 amide bonds. The molecule has 146 valence electrons. The van der Waals surface area contributed by atoms with Crippen molar-refractivity contribution in [1.29, 1.82) is 0 Å². The number of amides is 2. The first-order valence-electron chi connectivity index (χ1n) is 8.32. The Morgan fingerprint density at radius 2 is 2.29 bits per heavy atom. The zero-order chi connectivity index (χ0) is 20.1. The maximum atomic E-state index is 12.2. The number of hydrogen-bond acceptors (Lipinski definition) is 8. The van der Waals surface area contributed by atoms with Crippen LogP contribution in [0.2, 0.25) is 0 Å². The van der Waals surface area contributed by atoms with Crippen LogP contribution >= 0.6 is 23.1 Å². The van der Waals surface area contributed by atoms with Gasteiger partial charge in [-0.3, -0.25) is 9.59 Å². The van der Waals surface area contributed by atoms with Gasteiger partial charge in [0, 0.05) is 13.1 Å². The molecule has 0 atom stereocenters. The van der Waals surface area contributed by atoms with Gasteiger partial charge in [0.05, 0.1) is 22.1 Å². The quantitative estimate of drug-likeness (QED) is 0.622. The molecule has 10 heteroatoms. The largest absolute Gasteiger partial charge is 0.491 e. The van der Waals surface area contributed by atoms with Crippen molar-refractivity contribution < 1.29 is 19.4 Å². The first-order valence-corrected chi connectivity index (χ1v) is 9.95. The summed E-state index contributed by atoms with van der Waals surface area (Å²) in [5.74, 6) is 0.220. The van der Waals surface area contributed by atoms with Gasteiger partial charge < -0.3 is 20.5 Å². The van der Waals surface area contributed by atoms with E-state index in [1.165, 1.54) is 30.0 Å². The third kappa shape index (κ3) is 5.18. The lowest BCUT2D eigenvalue weighted by atomic mass is 10.2. The van der Waals surface area contributed by atoms with E-state index in [9.17, 15) is 9.59 Å². The minimum absolute atomic E-state index is 0.0487. The smallest absolute Gasteiger partial charge is 0.264 e. The number of ether oxygens (including phenoxy) is 1. The standard InChI is InChI=1S/C18H18N4O4S2/c1-10-7-12(26-6-5-23)3-4-14(10)21-18-22-16(25)15(28-18)8-13-9-19-17(27-13)20-11(2)24/h3-4,7-9,23H,5-6H2,1-2H3,(H,19,20,24)(H,21,22,25). The number of nitrogens with zero attached hydrogens (tertiary/aromatic N) is 2. The summed E-state index contributed by atoms with van der Waals surface area (Å²) in [5, 5.41) is 15.1. The molecule has 3 rings (SSSR count). The first kappa shape index (κ1) is 20.1. The molecule has 0 saturated carbocycles. The van der Waals surface area contributed by atoms with Crippen molar-refractivity contribution in [3.8, 4) is 5.75 Å². The summed E-state index contributed by atoms with van der Waals surface area (Å²) < 4.78 is 5.37. The molecular formula is C18H18N4O4S2. The van der Waals surface area contributed by atoms with Gasteiger partial charge in [0.15, 0.2) is 10.3 Å². The number of hydrogen-bond donors (Lipinski definition) is 3. The fourth-order valence-electron chi connectivity index (χ4n) is 2.29. The molecule has 1 aliphatic rings. The number of carbonyl (C=O) groups is 2. The summed E-state index contributed by atoms with van der Waals surface area (Å²) in [6.07, 6.45) is 3.31. The van der Waals surface area contributed by atoms with Crippen LogP contribution in [-0.4, -0.2) is 40.3 Å². The van der Waals surface area contributed by atoms with Crippen LogP contribution < -0.4 is 15.4 Å². The summed E-state index contributed by atoms with van der Waals surface area (Å²) in [7, 11) is 0. The van der Waals surface area contributed by atoms with Crippen molar-refractivity contribution in [3.63, 3.8) is 0 Å². The molecule has 1 saturated heterocycles. The van der Waals surface area contributed by atoms with Crippen LogP contribution in [0, 0.1) is 6.92 Å². The Kier molecular flexibility index (Phi) is 6.45. The normalized spacial score (nSPS) is 16.5. The molecule has 2 heterocycles. The lowest BCUT2D eigenvalue weighted by Crippen LogP contribution is -2.19. The van der Waals surface area contributed by atoms with Crippen LogP contribution in [0.5, 0.6) is 5.75 Å². The number of aryl methyl sites for hydroxylation is 1. The minimum Gasteiger partial charge on any atom is -0.491 e. The highest BCUT2D eigenvalue weighted by molar-refractivity contribution is 8.18. The monoisotopic (exact) mass is 418 g/mol. The molecule has 1 aromatic carbocycles. The third-order valence-corrected chi connectivity index (χ3v) is 5.25. The number of amidine groups is 1. The summed E-state index contributed by atoms with van der Waals surface area (Å²) in [5.41, 5.74) is 1.60. The van der Waals surface area contributed by atoms with Crippen molar-refractivity contribution in [2.45, 2.75) is 13.8 Å². The van der Waals surface area contributed by atoms with Crippen molar-refractivity contribution in [1.82, 2.24) is 10.3 Å². The van der Waals surface area contributed by atoms with Gasteiger partial charge in [-0.1, -0.05) is 11.3 Å². The van der Waals surface area contributed by atoms with Gasteiger partial charge in [-0.05, 0) is 48.5 Å². The predicted octanol–water partition coefficient (Wildman–Crippen LogP) is 2.67. The van der Waals surface area contributed by atoms with Crippen LogP contribution in [0.1, 0.15) is 17.4 Å². The predicted molar refractivity (Wildman–Crippen MR) is 111 cm³/mol. The fraction of sp³-hybridized carbons (Fsp3) is 0.222. The second-order valence-electron chi connectivity index (χ2n) is 5.75. The second kappa shape index (κ2) is 9.00. The first-order chi connectivity index (χ1) is 13.4. The molecule has 0 aliphatic carbocycles. The van der Waals surface area contributed by atoms with Gasteiger partial charge in [0.1, 0.15) is 12.4 Å². The Hall–Kier alpha value is -2.69. The van der Waals surface area contributed by atoms with E-state index in [0.29, 0.717) is 26.6 Å². The number of nitrogens with one attached hydrogen (secondary N) is 2. The van der Waals surface area contributed by atoms with Crippen LogP contribution in [0.4, 0.5) is 10.8 Å². The Bertz CT molecular complexity index is 968. The number of aromatic nitrogens is 1. The average Bonchev–Trinajstić information content (AvgIpc) is 3.21. The molecule has 2 aromatic rings. The molecule has 3 N–H and O–H groups in total. The number of thioether (sulfide) groups is 1. The molecule has 1 aromatic heterocycles. The number of aliphatic hydroxyl groups is 1. The number of aliphatic imine (C=N–C) groups is 1. The van der Waals surface area contributed by atoms with E-state index in [1.807, 2.05) is 13.0 Å². The zero-order valence-electron chi connectivity index (χ0n) is 15.2. The van der Waals surface area contributed by atoms with Crippen molar-refractivity contribution in [3.05, 3.63) is 39.7 Å². The van der Waals surface area contributed by atoms with Crippen molar-refractivity contribution in [2.75, 3.05) is 18.5 Å². The van der Waals surface area contributed by atoms with E-state index in [0.717, 1.165) is 10.4 Å². The Morgan fingerprint density at radius 3 is 3.00 bits per heavy atom. The van der Waals surface area contributed by atoms with Crippen molar-refractivity contribution >= 4 is 57.0 Å². The van der Waals surface area contributed by atoms with E-state index < -0.39 is 0 Å². The van der Waals surface area contributed by atoms with Crippen LogP contribution in [-0.2, 0) is 9.59 Å². The highest BCUT2D eigenvalue weighted by Gasteiger charge is 2.24. The highest BCUT2D eigenvalue weighted by Crippen LogP contribution is 2.31. The molecule has 1 fully saturated rings.